The molecule has 0 unspecified atom stereocenters. The van der Waals surface area contributed by atoms with Gasteiger partial charge in [0.2, 0.25) is 0 Å². The van der Waals surface area contributed by atoms with Gasteiger partial charge in [-0.2, -0.15) is 0 Å². The van der Waals surface area contributed by atoms with E-state index in [0.29, 0.717) is 0 Å². The second kappa shape index (κ2) is 5.48. The molecule has 4 heteroatoms. The van der Waals surface area contributed by atoms with Crippen LogP contribution in [0.2, 0.25) is 0 Å². The van der Waals surface area contributed by atoms with Gasteiger partial charge >= 0.3 is 0 Å². The Morgan fingerprint density at radius 1 is 1.05 bits per heavy atom. The highest BCUT2D eigenvalue weighted by molar-refractivity contribution is 5.93. The number of pyridine rings is 1. The molecule has 0 radical (unpaired) electrons. The summed E-state index contributed by atoms with van der Waals surface area (Å²) in [4.78, 5) is 13.9. The molecular formula is C17H18N4. The predicted octanol–water partition coefficient (Wildman–Crippen LogP) is 3.60. The molecule has 2 heterocycles. The van der Waals surface area contributed by atoms with Crippen LogP contribution >= 0.6 is 0 Å². The lowest BCUT2D eigenvalue weighted by Crippen LogP contribution is -2.01. The number of aromatic nitrogens is 3. The summed E-state index contributed by atoms with van der Waals surface area (Å²) in [7, 11) is 1.88. The highest BCUT2D eigenvalue weighted by Crippen LogP contribution is 2.27. The highest BCUT2D eigenvalue weighted by Gasteiger charge is 2.10. The summed E-state index contributed by atoms with van der Waals surface area (Å²) >= 11 is 0. The molecule has 3 aromatic rings. The van der Waals surface area contributed by atoms with Crippen LogP contribution in [0.5, 0.6) is 0 Å². The van der Waals surface area contributed by atoms with Gasteiger partial charge in [0, 0.05) is 35.5 Å². The van der Waals surface area contributed by atoms with Crippen molar-refractivity contribution in [3.05, 3.63) is 47.8 Å². The summed E-state index contributed by atoms with van der Waals surface area (Å²) in [6.45, 7) is 4.10. The van der Waals surface area contributed by atoms with Gasteiger partial charge in [-0.05, 0) is 25.5 Å². The van der Waals surface area contributed by atoms with Crippen LogP contribution in [0.4, 0.5) is 5.82 Å². The van der Waals surface area contributed by atoms with Crippen molar-refractivity contribution >= 4 is 16.7 Å². The molecule has 1 aromatic carbocycles. The van der Waals surface area contributed by atoms with E-state index in [-0.39, 0.29) is 0 Å². The molecule has 0 aliphatic carbocycles. The molecule has 0 aliphatic heterocycles. The zero-order chi connectivity index (χ0) is 14.8. The first-order valence-electron chi connectivity index (χ1n) is 7.13. The van der Waals surface area contributed by atoms with E-state index in [1.165, 1.54) is 0 Å². The smallest absolute Gasteiger partial charge is 0.162 e. The Balaban J connectivity index is 2.29. The maximum absolute atomic E-state index is 4.68. The average Bonchev–Trinajstić information content (AvgIpc) is 2.53. The molecule has 0 bridgehead atoms. The summed E-state index contributed by atoms with van der Waals surface area (Å²) in [5, 5.41) is 4.19. The van der Waals surface area contributed by atoms with E-state index in [2.05, 4.69) is 39.3 Å². The lowest BCUT2D eigenvalue weighted by Gasteiger charge is -2.10. The third-order valence-electron chi connectivity index (χ3n) is 3.48. The first-order chi connectivity index (χ1) is 10.2. The minimum atomic E-state index is 0.750. The summed E-state index contributed by atoms with van der Waals surface area (Å²) in [6.07, 6.45) is 0.881. The second-order valence-corrected chi connectivity index (χ2v) is 5.00. The van der Waals surface area contributed by atoms with Gasteiger partial charge in [0.05, 0.1) is 5.52 Å². The number of nitrogens with zero attached hydrogens (tertiary/aromatic N) is 3. The number of aryl methyl sites for hydroxylation is 2. The van der Waals surface area contributed by atoms with Crippen LogP contribution in [0.3, 0.4) is 0 Å². The maximum Gasteiger partial charge on any atom is 0.162 e. The normalized spacial score (nSPS) is 10.8. The molecule has 4 nitrogen and oxygen atoms in total. The predicted molar refractivity (Wildman–Crippen MR) is 86.4 cm³/mol. The summed E-state index contributed by atoms with van der Waals surface area (Å²) in [5.41, 5.74) is 4.01. The van der Waals surface area contributed by atoms with E-state index < -0.39 is 0 Å². The van der Waals surface area contributed by atoms with E-state index in [0.717, 1.165) is 45.9 Å². The fraction of sp³-hybridized carbons (Fsp3) is 0.235. The van der Waals surface area contributed by atoms with Gasteiger partial charge in [-0.3, -0.25) is 4.98 Å². The molecule has 0 fully saturated rings. The lowest BCUT2D eigenvalue weighted by molar-refractivity contribution is 1.01. The van der Waals surface area contributed by atoms with Gasteiger partial charge in [0.1, 0.15) is 5.82 Å². The molecule has 0 spiro atoms. The lowest BCUT2D eigenvalue weighted by atomic mass is 10.1. The SMILES string of the molecule is CCc1cc(NC)nc(-c2cc(C)nc3ccccc23)n1. The van der Waals surface area contributed by atoms with Crippen molar-refractivity contribution in [3.63, 3.8) is 0 Å². The van der Waals surface area contributed by atoms with Gasteiger partial charge in [0.15, 0.2) is 5.82 Å². The topological polar surface area (TPSA) is 50.7 Å². The van der Waals surface area contributed by atoms with Gasteiger partial charge in [-0.25, -0.2) is 9.97 Å². The molecule has 0 amide bonds. The Labute approximate surface area is 124 Å². The van der Waals surface area contributed by atoms with Crippen LogP contribution < -0.4 is 5.32 Å². The highest BCUT2D eigenvalue weighted by atomic mass is 15.0. The number of fused-ring (bicyclic) bond motifs is 1. The van der Waals surface area contributed by atoms with E-state index in [1.807, 2.05) is 38.2 Å². The Hall–Kier alpha value is -2.49. The van der Waals surface area contributed by atoms with Crippen LogP contribution in [0.25, 0.3) is 22.3 Å². The molecule has 0 atom stereocenters. The molecule has 0 aliphatic rings. The summed E-state index contributed by atoms with van der Waals surface area (Å²) in [5.74, 6) is 1.59. The third kappa shape index (κ3) is 2.57. The number of hydrogen-bond donors (Lipinski definition) is 1. The maximum atomic E-state index is 4.68. The van der Waals surface area contributed by atoms with Crippen molar-refractivity contribution < 1.29 is 0 Å². The number of para-hydroxylation sites is 1. The van der Waals surface area contributed by atoms with Gasteiger partial charge in [-0.1, -0.05) is 25.1 Å². The van der Waals surface area contributed by atoms with Crippen molar-refractivity contribution in [3.8, 4) is 11.4 Å². The van der Waals surface area contributed by atoms with Crippen molar-refractivity contribution in [2.24, 2.45) is 0 Å². The molecule has 21 heavy (non-hydrogen) atoms. The number of anilines is 1. The van der Waals surface area contributed by atoms with E-state index in [4.69, 9.17) is 0 Å². The van der Waals surface area contributed by atoms with E-state index in [1.54, 1.807) is 0 Å². The Morgan fingerprint density at radius 2 is 1.86 bits per heavy atom. The molecule has 3 rings (SSSR count). The zero-order valence-corrected chi connectivity index (χ0v) is 12.5. The molecule has 2 aromatic heterocycles. The number of benzene rings is 1. The third-order valence-corrected chi connectivity index (χ3v) is 3.48. The number of rotatable bonds is 3. The van der Waals surface area contributed by atoms with Crippen molar-refractivity contribution in [2.75, 3.05) is 12.4 Å². The Kier molecular flexibility index (Phi) is 3.52. The minimum Gasteiger partial charge on any atom is -0.373 e. The van der Waals surface area contributed by atoms with Gasteiger partial charge < -0.3 is 5.32 Å². The number of nitrogens with one attached hydrogen (secondary N) is 1. The minimum absolute atomic E-state index is 0.750. The molecular weight excluding hydrogens is 260 g/mol. The molecule has 0 saturated carbocycles. The standard InChI is InChI=1S/C17H18N4/c1-4-12-10-16(18-3)21-17(20-12)14-9-11(2)19-15-8-6-5-7-13(14)15/h5-10H,4H2,1-3H3,(H,18,20,21). The van der Waals surface area contributed by atoms with Gasteiger partial charge in [0.25, 0.3) is 0 Å². The van der Waals surface area contributed by atoms with Crippen LogP contribution in [-0.4, -0.2) is 22.0 Å². The van der Waals surface area contributed by atoms with Crippen molar-refractivity contribution in [1.82, 2.24) is 15.0 Å². The van der Waals surface area contributed by atoms with Crippen LogP contribution in [0.1, 0.15) is 18.3 Å². The van der Waals surface area contributed by atoms with Crippen LogP contribution in [-0.2, 0) is 6.42 Å². The summed E-state index contributed by atoms with van der Waals surface area (Å²) in [6, 6.07) is 12.1. The van der Waals surface area contributed by atoms with Crippen molar-refractivity contribution in [1.29, 1.82) is 0 Å². The number of hydrogen-bond acceptors (Lipinski definition) is 4. The molecule has 106 valence electrons. The second-order valence-electron chi connectivity index (χ2n) is 5.00. The zero-order valence-electron chi connectivity index (χ0n) is 12.5. The first kappa shape index (κ1) is 13.5. The summed E-state index contributed by atoms with van der Waals surface area (Å²) < 4.78 is 0. The van der Waals surface area contributed by atoms with E-state index >= 15 is 0 Å². The monoisotopic (exact) mass is 278 g/mol. The molecule has 0 saturated heterocycles. The van der Waals surface area contributed by atoms with Crippen LogP contribution in [0.15, 0.2) is 36.4 Å². The quantitative estimate of drug-likeness (QED) is 0.795. The Morgan fingerprint density at radius 3 is 2.62 bits per heavy atom. The Bertz CT molecular complexity index is 774. The van der Waals surface area contributed by atoms with Gasteiger partial charge in [-0.15, -0.1) is 0 Å². The fourth-order valence-electron chi connectivity index (χ4n) is 2.42. The first-order valence-corrected chi connectivity index (χ1v) is 7.13. The van der Waals surface area contributed by atoms with Crippen molar-refractivity contribution in [2.45, 2.75) is 20.3 Å². The largest absolute Gasteiger partial charge is 0.373 e. The van der Waals surface area contributed by atoms with E-state index in [9.17, 15) is 0 Å². The fourth-order valence-corrected chi connectivity index (χ4v) is 2.42. The average molecular weight is 278 g/mol. The molecule has 1 N–H and O–H groups in total. The van der Waals surface area contributed by atoms with Crippen LogP contribution in [0, 0.1) is 6.92 Å².